The number of rotatable bonds is 6. The highest BCUT2D eigenvalue weighted by Crippen LogP contribution is 2.28. The quantitative estimate of drug-likeness (QED) is 0.455. The summed E-state index contributed by atoms with van der Waals surface area (Å²) in [5, 5.41) is 10.4. The summed E-state index contributed by atoms with van der Waals surface area (Å²) in [6.07, 6.45) is 6.65. The van der Waals surface area contributed by atoms with Gasteiger partial charge in [-0.05, 0) is 65.6 Å². The molecular formula is C22H22N4O. The first-order valence-corrected chi connectivity index (χ1v) is 9.00. The van der Waals surface area contributed by atoms with E-state index in [1.54, 1.807) is 0 Å². The largest absolute Gasteiger partial charge is 0.343 e. The fourth-order valence-electron chi connectivity index (χ4n) is 3.51. The summed E-state index contributed by atoms with van der Waals surface area (Å²) in [6.45, 7) is 1.34. The second-order valence-corrected chi connectivity index (χ2v) is 6.60. The molecule has 0 fully saturated rings. The first-order valence-electron chi connectivity index (χ1n) is 9.00. The lowest BCUT2D eigenvalue weighted by Gasteiger charge is -2.09. The SMILES string of the molecule is NCCc1cn(Cc2cccc(NO)c2)c2cc(-c3ccncc3)ccc12. The molecule has 0 unspecified atom stereocenters. The maximum Gasteiger partial charge on any atom is 0.0605 e. The lowest BCUT2D eigenvalue weighted by atomic mass is 10.0. The molecule has 0 saturated heterocycles. The number of nitrogens with one attached hydrogen (secondary N) is 1. The maximum atomic E-state index is 9.16. The number of fused-ring (bicyclic) bond motifs is 1. The number of nitrogens with zero attached hydrogens (tertiary/aromatic N) is 2. The molecule has 0 atom stereocenters. The molecule has 4 N–H and O–H groups in total. The van der Waals surface area contributed by atoms with Crippen LogP contribution in [0.4, 0.5) is 5.69 Å². The van der Waals surface area contributed by atoms with E-state index in [4.69, 9.17) is 10.9 Å². The minimum atomic E-state index is 0.620. The van der Waals surface area contributed by atoms with Crippen molar-refractivity contribution >= 4 is 16.6 Å². The van der Waals surface area contributed by atoms with E-state index in [-0.39, 0.29) is 0 Å². The van der Waals surface area contributed by atoms with E-state index in [0.717, 1.165) is 29.7 Å². The number of pyridine rings is 1. The smallest absolute Gasteiger partial charge is 0.0605 e. The zero-order valence-corrected chi connectivity index (χ0v) is 15.0. The Bertz CT molecular complexity index is 1060. The van der Waals surface area contributed by atoms with Gasteiger partial charge in [-0.25, -0.2) is 0 Å². The van der Waals surface area contributed by atoms with Gasteiger partial charge in [-0.2, -0.15) is 0 Å². The third kappa shape index (κ3) is 3.56. The Morgan fingerprint density at radius 3 is 2.63 bits per heavy atom. The predicted octanol–water partition coefficient (Wildman–Crippen LogP) is 4.05. The van der Waals surface area contributed by atoms with Crippen molar-refractivity contribution < 1.29 is 5.21 Å². The van der Waals surface area contributed by atoms with Gasteiger partial charge >= 0.3 is 0 Å². The highest BCUT2D eigenvalue weighted by Gasteiger charge is 2.10. The zero-order valence-electron chi connectivity index (χ0n) is 15.0. The van der Waals surface area contributed by atoms with Crippen LogP contribution in [0.3, 0.4) is 0 Å². The van der Waals surface area contributed by atoms with Crippen molar-refractivity contribution in [2.45, 2.75) is 13.0 Å². The Labute approximate surface area is 158 Å². The van der Waals surface area contributed by atoms with Gasteiger partial charge in [0, 0.05) is 36.0 Å². The molecule has 4 aromatic rings. The topological polar surface area (TPSA) is 76.1 Å². The summed E-state index contributed by atoms with van der Waals surface area (Å²) < 4.78 is 2.25. The normalized spacial score (nSPS) is 11.0. The zero-order chi connectivity index (χ0) is 18.6. The Kier molecular flexibility index (Phi) is 4.87. The highest BCUT2D eigenvalue weighted by atomic mass is 16.5. The van der Waals surface area contributed by atoms with Crippen molar-refractivity contribution in [3.63, 3.8) is 0 Å². The molecule has 0 aliphatic heterocycles. The molecule has 5 heteroatoms. The summed E-state index contributed by atoms with van der Waals surface area (Å²) in [5.41, 5.74) is 14.6. The van der Waals surface area contributed by atoms with E-state index >= 15 is 0 Å². The van der Waals surface area contributed by atoms with E-state index in [9.17, 15) is 0 Å². The molecule has 0 aliphatic rings. The highest BCUT2D eigenvalue weighted by molar-refractivity contribution is 5.88. The van der Waals surface area contributed by atoms with Gasteiger partial charge in [0.15, 0.2) is 0 Å². The molecule has 27 heavy (non-hydrogen) atoms. The minimum Gasteiger partial charge on any atom is -0.343 e. The Balaban J connectivity index is 1.80. The Hall–Kier alpha value is -3.15. The molecule has 2 aromatic carbocycles. The van der Waals surface area contributed by atoms with Crippen molar-refractivity contribution in [3.8, 4) is 11.1 Å². The molecule has 4 rings (SSSR count). The average molecular weight is 358 g/mol. The second-order valence-electron chi connectivity index (χ2n) is 6.60. The standard InChI is InChI=1S/C22H22N4O/c23-9-6-19-15-26(14-16-2-1-3-20(12-16)25-27)22-13-18(4-5-21(19)22)17-7-10-24-11-8-17/h1-5,7-8,10-13,15,25,27H,6,9,14,23H2. The minimum absolute atomic E-state index is 0.620. The summed E-state index contributed by atoms with van der Waals surface area (Å²) in [5.74, 6) is 0. The van der Waals surface area contributed by atoms with Gasteiger partial charge in [0.1, 0.15) is 0 Å². The number of anilines is 1. The lowest BCUT2D eigenvalue weighted by Crippen LogP contribution is -2.02. The molecule has 0 radical (unpaired) electrons. The summed E-state index contributed by atoms with van der Waals surface area (Å²) in [7, 11) is 0. The Morgan fingerprint density at radius 1 is 1.00 bits per heavy atom. The number of hydrogen-bond donors (Lipinski definition) is 3. The van der Waals surface area contributed by atoms with Crippen LogP contribution in [-0.2, 0) is 13.0 Å². The average Bonchev–Trinajstić information content (AvgIpc) is 3.06. The van der Waals surface area contributed by atoms with Crippen LogP contribution in [0.1, 0.15) is 11.1 Å². The van der Waals surface area contributed by atoms with Crippen molar-refractivity contribution in [2.75, 3.05) is 12.0 Å². The second kappa shape index (κ2) is 7.61. The van der Waals surface area contributed by atoms with Gasteiger partial charge in [0.25, 0.3) is 0 Å². The monoisotopic (exact) mass is 358 g/mol. The first-order chi connectivity index (χ1) is 13.3. The van der Waals surface area contributed by atoms with Crippen LogP contribution in [-0.4, -0.2) is 21.3 Å². The van der Waals surface area contributed by atoms with Gasteiger partial charge in [-0.3, -0.25) is 15.7 Å². The predicted molar refractivity (Wildman–Crippen MR) is 109 cm³/mol. The third-order valence-electron chi connectivity index (χ3n) is 4.80. The van der Waals surface area contributed by atoms with E-state index < -0.39 is 0 Å². The molecule has 0 saturated carbocycles. The van der Waals surface area contributed by atoms with Crippen molar-refractivity contribution in [1.82, 2.24) is 9.55 Å². The van der Waals surface area contributed by atoms with Crippen molar-refractivity contribution in [1.29, 1.82) is 0 Å². The molecule has 0 bridgehead atoms. The number of nitrogens with two attached hydrogens (primary N) is 1. The van der Waals surface area contributed by atoms with Gasteiger partial charge in [-0.1, -0.05) is 24.3 Å². The van der Waals surface area contributed by atoms with Gasteiger partial charge in [0.05, 0.1) is 5.69 Å². The third-order valence-corrected chi connectivity index (χ3v) is 4.80. The van der Waals surface area contributed by atoms with Gasteiger partial charge in [-0.15, -0.1) is 0 Å². The van der Waals surface area contributed by atoms with E-state index in [2.05, 4.69) is 45.5 Å². The number of aromatic nitrogens is 2. The molecule has 5 nitrogen and oxygen atoms in total. The van der Waals surface area contributed by atoms with Crippen LogP contribution < -0.4 is 11.2 Å². The van der Waals surface area contributed by atoms with Crippen LogP contribution in [0.15, 0.2) is 73.2 Å². The summed E-state index contributed by atoms with van der Waals surface area (Å²) >= 11 is 0. The first kappa shape index (κ1) is 17.3. The number of benzene rings is 2. The Morgan fingerprint density at radius 2 is 1.85 bits per heavy atom. The fourth-order valence-corrected chi connectivity index (χ4v) is 3.51. The summed E-state index contributed by atoms with van der Waals surface area (Å²) in [6, 6.07) is 18.4. The van der Waals surface area contributed by atoms with Crippen LogP contribution >= 0.6 is 0 Å². The molecule has 2 heterocycles. The van der Waals surface area contributed by atoms with E-state index in [0.29, 0.717) is 12.2 Å². The van der Waals surface area contributed by atoms with Crippen LogP contribution in [0.5, 0.6) is 0 Å². The van der Waals surface area contributed by atoms with E-state index in [1.807, 2.05) is 42.7 Å². The molecular weight excluding hydrogens is 336 g/mol. The molecule has 0 aliphatic carbocycles. The maximum absolute atomic E-state index is 9.16. The molecule has 0 spiro atoms. The van der Waals surface area contributed by atoms with E-state index in [1.165, 1.54) is 16.5 Å². The summed E-state index contributed by atoms with van der Waals surface area (Å²) in [4.78, 5) is 4.11. The van der Waals surface area contributed by atoms with Gasteiger partial charge in [0.2, 0.25) is 0 Å². The van der Waals surface area contributed by atoms with Gasteiger partial charge < -0.3 is 10.3 Å². The van der Waals surface area contributed by atoms with Crippen molar-refractivity contribution in [3.05, 3.63) is 84.3 Å². The van der Waals surface area contributed by atoms with Crippen LogP contribution in [0, 0.1) is 0 Å². The van der Waals surface area contributed by atoms with Crippen molar-refractivity contribution in [2.24, 2.45) is 5.73 Å². The molecule has 0 amide bonds. The molecule has 2 aromatic heterocycles. The van der Waals surface area contributed by atoms with Crippen LogP contribution in [0.25, 0.3) is 22.0 Å². The molecule has 136 valence electrons. The number of hydrogen-bond acceptors (Lipinski definition) is 4. The fraction of sp³-hybridized carbons (Fsp3) is 0.136. The van der Waals surface area contributed by atoms with Crippen LogP contribution in [0.2, 0.25) is 0 Å². The lowest BCUT2D eigenvalue weighted by molar-refractivity contribution is 0.389.